The fourth-order valence-corrected chi connectivity index (χ4v) is 1.08. The van der Waals surface area contributed by atoms with E-state index in [1.807, 2.05) is 0 Å². The van der Waals surface area contributed by atoms with Gasteiger partial charge in [-0.2, -0.15) is 0 Å². The predicted molar refractivity (Wildman–Crippen MR) is 61.0 cm³/mol. The number of esters is 1. The Morgan fingerprint density at radius 3 is 2.75 bits per heavy atom. The lowest BCUT2D eigenvalue weighted by Crippen LogP contribution is -1.98. The molecular weight excluding hydrogens is 206 g/mol. The highest BCUT2D eigenvalue weighted by molar-refractivity contribution is 5.82. The molecule has 0 saturated carbocycles. The van der Waals surface area contributed by atoms with Gasteiger partial charge < -0.3 is 9.72 Å². The molecule has 1 aromatic heterocycles. The molecule has 16 heavy (non-hydrogen) atoms. The maximum absolute atomic E-state index is 10.9. The van der Waals surface area contributed by atoms with E-state index in [9.17, 15) is 9.59 Å². The van der Waals surface area contributed by atoms with Crippen molar-refractivity contribution >= 4 is 18.3 Å². The first kappa shape index (κ1) is 12.0. The molecule has 0 spiro atoms. The number of H-pyrrole nitrogens is 1. The minimum atomic E-state index is -0.368. The van der Waals surface area contributed by atoms with E-state index in [0.29, 0.717) is 12.3 Å². The Morgan fingerprint density at radius 1 is 1.38 bits per heavy atom. The van der Waals surface area contributed by atoms with Crippen LogP contribution in [0.15, 0.2) is 30.4 Å². The molecule has 0 atom stereocenters. The molecule has 0 fully saturated rings. The molecule has 0 amide bonds. The number of hydrogen-bond acceptors (Lipinski definition) is 3. The molecule has 0 bridgehead atoms. The normalized spacial score (nSPS) is 11.1. The van der Waals surface area contributed by atoms with E-state index in [4.69, 9.17) is 4.74 Å². The Morgan fingerprint density at radius 2 is 2.12 bits per heavy atom. The second kappa shape index (κ2) is 6.40. The first-order valence-corrected chi connectivity index (χ1v) is 4.92. The van der Waals surface area contributed by atoms with Crippen molar-refractivity contribution < 1.29 is 14.3 Å². The summed E-state index contributed by atoms with van der Waals surface area (Å²) in [5, 5.41) is 0. The molecule has 4 heteroatoms. The van der Waals surface area contributed by atoms with E-state index < -0.39 is 0 Å². The number of carbonyl (C=O) groups is 2. The second-order valence-electron chi connectivity index (χ2n) is 2.96. The third-order valence-corrected chi connectivity index (χ3v) is 1.76. The zero-order valence-corrected chi connectivity index (χ0v) is 8.97. The SMILES string of the molecule is CCOC(=O)/C=C/C=C/c1ccc(C=O)[nH]1. The molecule has 1 rings (SSSR count). The number of nitrogens with one attached hydrogen (secondary N) is 1. The van der Waals surface area contributed by atoms with Crippen LogP contribution in [0.4, 0.5) is 0 Å². The summed E-state index contributed by atoms with van der Waals surface area (Å²) in [7, 11) is 0. The lowest BCUT2D eigenvalue weighted by Gasteiger charge is -1.92. The Bertz CT molecular complexity index is 416. The highest BCUT2D eigenvalue weighted by Gasteiger charge is 1.92. The van der Waals surface area contributed by atoms with Crippen molar-refractivity contribution in [2.24, 2.45) is 0 Å². The minimum absolute atomic E-state index is 0.367. The van der Waals surface area contributed by atoms with E-state index in [1.165, 1.54) is 6.08 Å². The zero-order valence-electron chi connectivity index (χ0n) is 8.97. The molecule has 0 radical (unpaired) electrons. The van der Waals surface area contributed by atoms with Gasteiger partial charge in [0.15, 0.2) is 6.29 Å². The summed E-state index contributed by atoms with van der Waals surface area (Å²) in [6, 6.07) is 3.46. The lowest BCUT2D eigenvalue weighted by atomic mass is 10.3. The minimum Gasteiger partial charge on any atom is -0.463 e. The van der Waals surface area contributed by atoms with Gasteiger partial charge in [-0.05, 0) is 25.1 Å². The van der Waals surface area contributed by atoms with Crippen LogP contribution >= 0.6 is 0 Å². The first-order chi connectivity index (χ1) is 7.76. The summed E-state index contributed by atoms with van der Waals surface area (Å²) in [5.74, 6) is -0.368. The van der Waals surface area contributed by atoms with Crippen LogP contribution in [0.5, 0.6) is 0 Å². The van der Waals surface area contributed by atoms with Crippen molar-refractivity contribution in [1.82, 2.24) is 4.98 Å². The number of ether oxygens (including phenoxy) is 1. The van der Waals surface area contributed by atoms with Crippen molar-refractivity contribution in [2.45, 2.75) is 6.92 Å². The van der Waals surface area contributed by atoms with Crippen LogP contribution in [-0.2, 0) is 9.53 Å². The smallest absolute Gasteiger partial charge is 0.330 e. The van der Waals surface area contributed by atoms with Crippen LogP contribution in [0, 0.1) is 0 Å². The van der Waals surface area contributed by atoms with Gasteiger partial charge in [-0.15, -0.1) is 0 Å². The van der Waals surface area contributed by atoms with Gasteiger partial charge in [-0.3, -0.25) is 4.79 Å². The standard InChI is InChI=1S/C12H13NO3/c1-2-16-12(15)6-4-3-5-10-7-8-11(9-14)13-10/h3-9,13H,2H2,1H3/b5-3+,6-4+. The monoisotopic (exact) mass is 219 g/mol. The van der Waals surface area contributed by atoms with E-state index in [0.717, 1.165) is 12.0 Å². The topological polar surface area (TPSA) is 59.2 Å². The number of allylic oxidation sites excluding steroid dienone is 2. The number of aldehydes is 1. The molecule has 0 aromatic carbocycles. The van der Waals surface area contributed by atoms with Crippen LogP contribution in [0.2, 0.25) is 0 Å². The van der Waals surface area contributed by atoms with Gasteiger partial charge in [0, 0.05) is 11.8 Å². The van der Waals surface area contributed by atoms with E-state index in [-0.39, 0.29) is 5.97 Å². The largest absolute Gasteiger partial charge is 0.463 e. The average Bonchev–Trinajstić information content (AvgIpc) is 2.73. The molecule has 0 aliphatic heterocycles. The predicted octanol–water partition coefficient (Wildman–Crippen LogP) is 1.96. The molecule has 0 aliphatic carbocycles. The molecular formula is C12H13NO3. The van der Waals surface area contributed by atoms with Crippen molar-refractivity contribution in [3.05, 3.63) is 41.7 Å². The van der Waals surface area contributed by atoms with Gasteiger partial charge in [-0.1, -0.05) is 12.2 Å². The Balaban J connectivity index is 2.48. The van der Waals surface area contributed by atoms with Crippen molar-refractivity contribution in [3.63, 3.8) is 0 Å². The molecule has 0 aliphatic rings. The van der Waals surface area contributed by atoms with E-state index >= 15 is 0 Å². The van der Waals surface area contributed by atoms with Gasteiger partial charge >= 0.3 is 5.97 Å². The highest BCUT2D eigenvalue weighted by atomic mass is 16.5. The van der Waals surface area contributed by atoms with Gasteiger partial charge in [0.25, 0.3) is 0 Å². The first-order valence-electron chi connectivity index (χ1n) is 4.92. The molecule has 1 N–H and O–H groups in total. The van der Waals surface area contributed by atoms with Gasteiger partial charge in [-0.25, -0.2) is 4.79 Å². The quantitative estimate of drug-likeness (QED) is 0.356. The fraction of sp³-hybridized carbons (Fsp3) is 0.167. The molecule has 84 valence electrons. The van der Waals surface area contributed by atoms with Gasteiger partial charge in [0.2, 0.25) is 0 Å². The van der Waals surface area contributed by atoms with Crippen LogP contribution in [0.25, 0.3) is 6.08 Å². The Kier molecular flexibility index (Phi) is 4.79. The summed E-state index contributed by atoms with van der Waals surface area (Å²) in [5.41, 5.74) is 1.32. The summed E-state index contributed by atoms with van der Waals surface area (Å²) >= 11 is 0. The van der Waals surface area contributed by atoms with Crippen molar-refractivity contribution in [3.8, 4) is 0 Å². The average molecular weight is 219 g/mol. The number of hydrogen-bond donors (Lipinski definition) is 1. The molecule has 0 unspecified atom stereocenters. The summed E-state index contributed by atoms with van der Waals surface area (Å²) in [6.07, 6.45) is 7.11. The second-order valence-corrected chi connectivity index (χ2v) is 2.96. The van der Waals surface area contributed by atoms with Gasteiger partial charge in [0.05, 0.1) is 12.3 Å². The number of rotatable bonds is 5. The van der Waals surface area contributed by atoms with Crippen LogP contribution in [0.3, 0.4) is 0 Å². The Hall–Kier alpha value is -2.10. The zero-order chi connectivity index (χ0) is 11.8. The fourth-order valence-electron chi connectivity index (χ4n) is 1.08. The van der Waals surface area contributed by atoms with Crippen LogP contribution in [0.1, 0.15) is 23.1 Å². The van der Waals surface area contributed by atoms with Crippen LogP contribution in [-0.4, -0.2) is 23.8 Å². The Labute approximate surface area is 93.6 Å². The summed E-state index contributed by atoms with van der Waals surface area (Å²) < 4.78 is 4.70. The molecule has 0 saturated heterocycles. The maximum Gasteiger partial charge on any atom is 0.330 e. The van der Waals surface area contributed by atoms with Crippen molar-refractivity contribution in [1.29, 1.82) is 0 Å². The van der Waals surface area contributed by atoms with Crippen LogP contribution < -0.4 is 0 Å². The highest BCUT2D eigenvalue weighted by Crippen LogP contribution is 2.01. The molecule has 4 nitrogen and oxygen atoms in total. The van der Waals surface area contributed by atoms with Gasteiger partial charge in [0.1, 0.15) is 0 Å². The van der Waals surface area contributed by atoms with Crippen molar-refractivity contribution in [2.75, 3.05) is 6.61 Å². The molecule has 1 heterocycles. The number of aromatic amines is 1. The third-order valence-electron chi connectivity index (χ3n) is 1.76. The number of aromatic nitrogens is 1. The lowest BCUT2D eigenvalue weighted by molar-refractivity contribution is -0.137. The maximum atomic E-state index is 10.9. The summed E-state index contributed by atoms with van der Waals surface area (Å²) in [6.45, 7) is 2.12. The van der Waals surface area contributed by atoms with E-state index in [1.54, 1.807) is 37.3 Å². The molecule has 1 aromatic rings. The summed E-state index contributed by atoms with van der Waals surface area (Å²) in [4.78, 5) is 24.2. The number of carbonyl (C=O) groups excluding carboxylic acids is 2. The third kappa shape index (κ3) is 3.96. The van der Waals surface area contributed by atoms with E-state index in [2.05, 4.69) is 4.98 Å².